The van der Waals surface area contributed by atoms with Gasteiger partial charge in [-0.05, 0) is 37.8 Å². The summed E-state index contributed by atoms with van der Waals surface area (Å²) in [6.07, 6.45) is 3.98. The molecule has 22 heavy (non-hydrogen) atoms. The van der Waals surface area contributed by atoms with Gasteiger partial charge in [0, 0.05) is 19.2 Å². The van der Waals surface area contributed by atoms with Crippen LogP contribution >= 0.6 is 12.4 Å². The van der Waals surface area contributed by atoms with Crippen molar-refractivity contribution in [2.75, 3.05) is 19.7 Å². The standard InChI is InChI=1S/C17H24N2O2.ClH/c20-17(19-14-8-4-10-18-12-14)15-9-5-11-21-16(15)13-6-2-1-3-7-13;/h1-3,6-7,14-16,18H,4-5,8-12H2,(H,19,20);1H. The third kappa shape index (κ3) is 4.22. The number of carbonyl (C=O) groups is 1. The molecule has 5 heteroatoms. The Bertz CT molecular complexity index is 463. The number of amides is 1. The van der Waals surface area contributed by atoms with Crippen molar-refractivity contribution in [3.05, 3.63) is 35.9 Å². The van der Waals surface area contributed by atoms with Gasteiger partial charge in [0.05, 0.1) is 12.0 Å². The van der Waals surface area contributed by atoms with E-state index in [2.05, 4.69) is 22.8 Å². The number of carbonyl (C=O) groups excluding carboxylic acids is 1. The van der Waals surface area contributed by atoms with Gasteiger partial charge in [0.25, 0.3) is 0 Å². The topological polar surface area (TPSA) is 50.4 Å². The number of piperidine rings is 1. The van der Waals surface area contributed by atoms with E-state index in [4.69, 9.17) is 4.74 Å². The highest BCUT2D eigenvalue weighted by molar-refractivity contribution is 5.85. The van der Waals surface area contributed by atoms with Crippen LogP contribution in [0.15, 0.2) is 30.3 Å². The van der Waals surface area contributed by atoms with Crippen molar-refractivity contribution >= 4 is 18.3 Å². The molecule has 2 N–H and O–H groups in total. The molecule has 122 valence electrons. The number of ether oxygens (including phenoxy) is 1. The average Bonchev–Trinajstić information content (AvgIpc) is 2.56. The van der Waals surface area contributed by atoms with Crippen molar-refractivity contribution in [3.8, 4) is 0 Å². The van der Waals surface area contributed by atoms with Gasteiger partial charge in [-0.15, -0.1) is 12.4 Å². The van der Waals surface area contributed by atoms with Crippen molar-refractivity contribution in [1.82, 2.24) is 10.6 Å². The number of nitrogens with one attached hydrogen (secondary N) is 2. The Kier molecular flexibility index (Phi) is 6.68. The summed E-state index contributed by atoms with van der Waals surface area (Å²) < 4.78 is 5.91. The van der Waals surface area contributed by atoms with E-state index >= 15 is 0 Å². The zero-order chi connectivity index (χ0) is 14.5. The monoisotopic (exact) mass is 324 g/mol. The van der Waals surface area contributed by atoms with Crippen LogP contribution in [0.1, 0.15) is 37.4 Å². The van der Waals surface area contributed by atoms with Crippen molar-refractivity contribution in [3.63, 3.8) is 0 Å². The van der Waals surface area contributed by atoms with Crippen LogP contribution in [0.5, 0.6) is 0 Å². The third-order valence-corrected chi connectivity index (χ3v) is 4.43. The van der Waals surface area contributed by atoms with E-state index in [0.717, 1.165) is 50.9 Å². The highest BCUT2D eigenvalue weighted by Gasteiger charge is 2.33. The normalized spacial score (nSPS) is 28.5. The number of benzene rings is 1. The van der Waals surface area contributed by atoms with E-state index in [9.17, 15) is 4.79 Å². The molecule has 0 spiro atoms. The number of hydrogen-bond donors (Lipinski definition) is 2. The van der Waals surface area contributed by atoms with Crippen LogP contribution in [0.25, 0.3) is 0 Å². The van der Waals surface area contributed by atoms with E-state index in [0.29, 0.717) is 0 Å². The molecule has 2 aliphatic heterocycles. The summed E-state index contributed by atoms with van der Waals surface area (Å²) >= 11 is 0. The predicted molar refractivity (Wildman–Crippen MR) is 89.1 cm³/mol. The van der Waals surface area contributed by atoms with Crippen LogP contribution in [-0.2, 0) is 9.53 Å². The molecule has 3 rings (SSSR count). The van der Waals surface area contributed by atoms with Gasteiger partial charge < -0.3 is 15.4 Å². The van der Waals surface area contributed by atoms with Gasteiger partial charge in [-0.2, -0.15) is 0 Å². The first kappa shape index (κ1) is 17.3. The lowest BCUT2D eigenvalue weighted by Gasteiger charge is -2.33. The Hall–Kier alpha value is -1.10. The van der Waals surface area contributed by atoms with E-state index in [-0.39, 0.29) is 36.4 Å². The maximum Gasteiger partial charge on any atom is 0.226 e. The SMILES string of the molecule is Cl.O=C(NC1CCCNC1)C1CCCOC1c1ccccc1. The molecular formula is C17H25ClN2O2. The van der Waals surface area contributed by atoms with Gasteiger partial charge in [-0.3, -0.25) is 4.79 Å². The Morgan fingerprint density at radius 3 is 2.73 bits per heavy atom. The van der Waals surface area contributed by atoms with Gasteiger partial charge in [0.2, 0.25) is 5.91 Å². The lowest BCUT2D eigenvalue weighted by molar-refractivity contribution is -0.135. The Morgan fingerprint density at radius 2 is 2.00 bits per heavy atom. The molecule has 2 saturated heterocycles. The summed E-state index contributed by atoms with van der Waals surface area (Å²) in [5.41, 5.74) is 1.11. The van der Waals surface area contributed by atoms with E-state index in [1.165, 1.54) is 0 Å². The molecule has 2 fully saturated rings. The molecule has 2 heterocycles. The molecule has 4 nitrogen and oxygen atoms in total. The predicted octanol–water partition coefficient (Wildman–Crippen LogP) is 2.44. The lowest BCUT2D eigenvalue weighted by atomic mass is 9.88. The first-order valence-electron chi connectivity index (χ1n) is 8.02. The van der Waals surface area contributed by atoms with Gasteiger partial charge in [0.1, 0.15) is 0 Å². The molecular weight excluding hydrogens is 300 g/mol. The van der Waals surface area contributed by atoms with Crippen molar-refractivity contribution < 1.29 is 9.53 Å². The highest BCUT2D eigenvalue weighted by Crippen LogP contribution is 2.33. The summed E-state index contributed by atoms with van der Waals surface area (Å²) in [7, 11) is 0. The van der Waals surface area contributed by atoms with Gasteiger partial charge in [-0.25, -0.2) is 0 Å². The van der Waals surface area contributed by atoms with Gasteiger partial charge in [0.15, 0.2) is 0 Å². The van der Waals surface area contributed by atoms with Crippen molar-refractivity contribution in [2.24, 2.45) is 5.92 Å². The lowest BCUT2D eigenvalue weighted by Crippen LogP contribution is -2.49. The first-order valence-corrected chi connectivity index (χ1v) is 8.02. The molecule has 1 amide bonds. The molecule has 1 aromatic rings. The fraction of sp³-hybridized carbons (Fsp3) is 0.588. The second-order valence-electron chi connectivity index (χ2n) is 6.00. The van der Waals surface area contributed by atoms with E-state index in [1.807, 2.05) is 18.2 Å². The molecule has 0 bridgehead atoms. The third-order valence-electron chi connectivity index (χ3n) is 4.43. The molecule has 1 aromatic carbocycles. The second-order valence-corrected chi connectivity index (χ2v) is 6.00. The quantitative estimate of drug-likeness (QED) is 0.898. The van der Waals surface area contributed by atoms with Crippen molar-refractivity contribution in [2.45, 2.75) is 37.8 Å². The summed E-state index contributed by atoms with van der Waals surface area (Å²) in [5.74, 6) is 0.0836. The second kappa shape index (κ2) is 8.51. The van der Waals surface area contributed by atoms with Crippen molar-refractivity contribution in [1.29, 1.82) is 0 Å². The Morgan fingerprint density at radius 1 is 1.18 bits per heavy atom. The van der Waals surface area contributed by atoms with Crippen LogP contribution in [0, 0.1) is 5.92 Å². The van der Waals surface area contributed by atoms with Crippen LogP contribution in [0.3, 0.4) is 0 Å². The Balaban J connectivity index is 0.00000176. The number of hydrogen-bond acceptors (Lipinski definition) is 3. The molecule has 0 radical (unpaired) electrons. The molecule has 0 saturated carbocycles. The summed E-state index contributed by atoms with van der Waals surface area (Å²) in [6, 6.07) is 10.4. The molecule has 0 aromatic heterocycles. The minimum atomic E-state index is -0.100. The number of rotatable bonds is 3. The van der Waals surface area contributed by atoms with Gasteiger partial charge >= 0.3 is 0 Å². The van der Waals surface area contributed by atoms with Crippen LogP contribution < -0.4 is 10.6 Å². The van der Waals surface area contributed by atoms with Crippen LogP contribution in [0.2, 0.25) is 0 Å². The molecule has 0 aliphatic carbocycles. The molecule has 3 atom stereocenters. The van der Waals surface area contributed by atoms with Crippen LogP contribution in [-0.4, -0.2) is 31.6 Å². The van der Waals surface area contributed by atoms with Gasteiger partial charge in [-0.1, -0.05) is 30.3 Å². The first-order chi connectivity index (χ1) is 10.3. The fourth-order valence-electron chi connectivity index (χ4n) is 3.30. The number of halogens is 1. The summed E-state index contributed by atoms with van der Waals surface area (Å²) in [6.45, 7) is 2.69. The smallest absolute Gasteiger partial charge is 0.226 e. The summed E-state index contributed by atoms with van der Waals surface area (Å²) in [4.78, 5) is 12.6. The molecule has 2 aliphatic rings. The fourth-order valence-corrected chi connectivity index (χ4v) is 3.30. The average molecular weight is 325 g/mol. The maximum atomic E-state index is 12.6. The Labute approximate surface area is 138 Å². The van der Waals surface area contributed by atoms with E-state index < -0.39 is 0 Å². The van der Waals surface area contributed by atoms with Crippen LogP contribution in [0.4, 0.5) is 0 Å². The minimum Gasteiger partial charge on any atom is -0.373 e. The summed E-state index contributed by atoms with van der Waals surface area (Å²) in [5, 5.41) is 6.55. The zero-order valence-electron chi connectivity index (χ0n) is 12.8. The van der Waals surface area contributed by atoms with E-state index in [1.54, 1.807) is 0 Å². The zero-order valence-corrected chi connectivity index (χ0v) is 13.6. The molecule has 3 unspecified atom stereocenters. The minimum absolute atomic E-state index is 0. The highest BCUT2D eigenvalue weighted by atomic mass is 35.5. The largest absolute Gasteiger partial charge is 0.373 e. The maximum absolute atomic E-state index is 12.6.